The Morgan fingerprint density at radius 1 is 1.12 bits per heavy atom. The van der Waals surface area contributed by atoms with Crippen molar-refractivity contribution in [3.63, 3.8) is 0 Å². The monoisotopic (exact) mass is 416 g/mol. The molecule has 6 nitrogen and oxygen atoms in total. The molecular weight excluding hydrogens is 400 g/mol. The normalized spacial score (nSPS) is 14.5. The summed E-state index contributed by atoms with van der Waals surface area (Å²) in [6.45, 7) is 3.83. The molecule has 1 aromatic carbocycles. The maximum absolute atomic E-state index is 12.8. The number of hydrogen-bond acceptors (Lipinski definition) is 5. The number of nitrogens with zero attached hydrogens (tertiary/aromatic N) is 2. The molecule has 0 spiro atoms. The van der Waals surface area contributed by atoms with Crippen molar-refractivity contribution in [1.82, 2.24) is 9.88 Å². The molecule has 0 fully saturated rings. The lowest BCUT2D eigenvalue weighted by Crippen LogP contribution is -2.47. The first-order chi connectivity index (χ1) is 12.4. The molecule has 0 saturated heterocycles. The van der Waals surface area contributed by atoms with Gasteiger partial charge in [0.1, 0.15) is 10.6 Å². The number of rotatable bonds is 5. The zero-order valence-corrected chi connectivity index (χ0v) is 15.9. The van der Waals surface area contributed by atoms with Gasteiger partial charge in [-0.25, -0.2) is 9.78 Å². The number of carbonyl (C=O) groups excluding carboxylic acids is 3. The second kappa shape index (κ2) is 7.37. The van der Waals surface area contributed by atoms with Crippen LogP contribution >= 0.6 is 15.9 Å². The molecule has 1 aromatic heterocycles. The standard InChI is InChI=1S/C19H17BrN2O4/c1-11(2)10-14(19(25)26-15-8-5-9-21-16(15)20)22-17(23)12-6-3-4-7-13(12)18(22)24/h3-9,11,14H,10H2,1-2H3. The molecule has 0 bridgehead atoms. The molecule has 2 amide bonds. The summed E-state index contributed by atoms with van der Waals surface area (Å²) < 4.78 is 5.80. The van der Waals surface area contributed by atoms with Crippen LogP contribution < -0.4 is 4.74 Å². The fourth-order valence-electron chi connectivity index (χ4n) is 2.87. The van der Waals surface area contributed by atoms with E-state index < -0.39 is 23.8 Å². The van der Waals surface area contributed by atoms with Crippen molar-refractivity contribution in [2.45, 2.75) is 26.3 Å². The van der Waals surface area contributed by atoms with Crippen LogP contribution in [0.5, 0.6) is 5.75 Å². The molecule has 1 unspecified atom stereocenters. The van der Waals surface area contributed by atoms with Crippen LogP contribution in [0.1, 0.15) is 41.0 Å². The summed E-state index contributed by atoms with van der Waals surface area (Å²) in [6, 6.07) is 8.77. The summed E-state index contributed by atoms with van der Waals surface area (Å²) in [5.41, 5.74) is 0.614. The van der Waals surface area contributed by atoms with Crippen LogP contribution in [0.3, 0.4) is 0 Å². The molecule has 1 aliphatic heterocycles. The summed E-state index contributed by atoms with van der Waals surface area (Å²) in [5, 5.41) is 0. The van der Waals surface area contributed by atoms with Crippen LogP contribution in [0.15, 0.2) is 47.2 Å². The highest BCUT2D eigenvalue weighted by atomic mass is 79.9. The number of halogens is 1. The van der Waals surface area contributed by atoms with Crippen molar-refractivity contribution in [2.75, 3.05) is 0 Å². The van der Waals surface area contributed by atoms with Crippen LogP contribution in [-0.2, 0) is 4.79 Å². The van der Waals surface area contributed by atoms with Gasteiger partial charge in [-0.1, -0.05) is 26.0 Å². The van der Waals surface area contributed by atoms with Crippen LogP contribution in [0.25, 0.3) is 0 Å². The molecular formula is C19H17BrN2O4. The van der Waals surface area contributed by atoms with Gasteiger partial charge in [0, 0.05) is 6.20 Å². The van der Waals surface area contributed by atoms with E-state index >= 15 is 0 Å². The van der Waals surface area contributed by atoms with Crippen molar-refractivity contribution in [3.05, 3.63) is 58.3 Å². The molecule has 0 aliphatic carbocycles. The zero-order valence-electron chi connectivity index (χ0n) is 14.3. The highest BCUT2D eigenvalue weighted by molar-refractivity contribution is 9.10. The number of carbonyl (C=O) groups is 3. The predicted octanol–water partition coefficient (Wildman–Crippen LogP) is 3.46. The molecule has 0 saturated carbocycles. The first-order valence-corrected chi connectivity index (χ1v) is 8.98. The fourth-order valence-corrected chi connectivity index (χ4v) is 3.20. The third-order valence-corrected chi connectivity index (χ3v) is 4.63. The van der Waals surface area contributed by atoms with E-state index in [0.717, 1.165) is 4.90 Å². The molecule has 1 atom stereocenters. The van der Waals surface area contributed by atoms with Crippen molar-refractivity contribution in [2.24, 2.45) is 5.92 Å². The van der Waals surface area contributed by atoms with Gasteiger partial charge in [-0.05, 0) is 52.5 Å². The highest BCUT2D eigenvalue weighted by Crippen LogP contribution is 2.29. The molecule has 2 heterocycles. The van der Waals surface area contributed by atoms with Gasteiger partial charge in [0.05, 0.1) is 11.1 Å². The molecule has 26 heavy (non-hydrogen) atoms. The van der Waals surface area contributed by atoms with E-state index in [0.29, 0.717) is 22.2 Å². The number of ether oxygens (including phenoxy) is 1. The molecule has 3 rings (SSSR count). The third-order valence-electron chi connectivity index (χ3n) is 4.04. The number of fused-ring (bicyclic) bond motifs is 1. The van der Waals surface area contributed by atoms with Gasteiger partial charge in [0.15, 0.2) is 5.75 Å². The Bertz CT molecular complexity index is 846. The number of benzene rings is 1. The topological polar surface area (TPSA) is 76.6 Å². The minimum absolute atomic E-state index is 0.0780. The maximum Gasteiger partial charge on any atom is 0.334 e. The minimum Gasteiger partial charge on any atom is -0.422 e. The van der Waals surface area contributed by atoms with Crippen LogP contribution in [0.4, 0.5) is 0 Å². The lowest BCUT2D eigenvalue weighted by atomic mass is 10.0. The van der Waals surface area contributed by atoms with Gasteiger partial charge in [-0.2, -0.15) is 0 Å². The average Bonchev–Trinajstić information content (AvgIpc) is 2.86. The Balaban J connectivity index is 1.92. The number of aromatic nitrogens is 1. The van der Waals surface area contributed by atoms with E-state index in [1.54, 1.807) is 42.6 Å². The smallest absolute Gasteiger partial charge is 0.334 e. The number of imide groups is 1. The second-order valence-electron chi connectivity index (χ2n) is 6.38. The van der Waals surface area contributed by atoms with Gasteiger partial charge >= 0.3 is 5.97 Å². The quantitative estimate of drug-likeness (QED) is 0.423. The van der Waals surface area contributed by atoms with Gasteiger partial charge in [0.25, 0.3) is 11.8 Å². The molecule has 2 aromatic rings. The maximum atomic E-state index is 12.8. The van der Waals surface area contributed by atoms with Crippen molar-refractivity contribution < 1.29 is 19.1 Å². The summed E-state index contributed by atoms with van der Waals surface area (Å²) >= 11 is 3.22. The van der Waals surface area contributed by atoms with E-state index in [2.05, 4.69) is 20.9 Å². The van der Waals surface area contributed by atoms with E-state index in [1.165, 1.54) is 0 Å². The number of hydrogen-bond donors (Lipinski definition) is 0. The SMILES string of the molecule is CC(C)CC(C(=O)Oc1cccnc1Br)N1C(=O)c2ccccc2C1=O. The number of pyridine rings is 1. The Kier molecular flexibility index (Phi) is 5.18. The van der Waals surface area contributed by atoms with Crippen LogP contribution in [0, 0.1) is 5.92 Å². The minimum atomic E-state index is -1.01. The summed E-state index contributed by atoms with van der Waals surface area (Å²) in [4.78, 5) is 43.3. The Hall–Kier alpha value is -2.54. The lowest BCUT2D eigenvalue weighted by Gasteiger charge is -2.25. The van der Waals surface area contributed by atoms with Gasteiger partial charge in [-0.3, -0.25) is 14.5 Å². The highest BCUT2D eigenvalue weighted by Gasteiger charge is 2.43. The molecule has 7 heteroatoms. The molecule has 134 valence electrons. The first kappa shape index (κ1) is 18.3. The third kappa shape index (κ3) is 3.39. The molecule has 0 radical (unpaired) electrons. The number of esters is 1. The van der Waals surface area contributed by atoms with E-state index in [1.807, 2.05) is 13.8 Å². The Morgan fingerprint density at radius 2 is 1.73 bits per heavy atom. The Morgan fingerprint density at radius 3 is 2.27 bits per heavy atom. The van der Waals surface area contributed by atoms with E-state index in [4.69, 9.17) is 4.74 Å². The average molecular weight is 417 g/mol. The van der Waals surface area contributed by atoms with Crippen LogP contribution in [0.2, 0.25) is 0 Å². The van der Waals surface area contributed by atoms with Crippen LogP contribution in [-0.4, -0.2) is 33.7 Å². The largest absolute Gasteiger partial charge is 0.422 e. The zero-order chi connectivity index (χ0) is 18.8. The fraction of sp³-hybridized carbons (Fsp3) is 0.263. The number of amides is 2. The first-order valence-electron chi connectivity index (χ1n) is 8.19. The van der Waals surface area contributed by atoms with Crippen molar-refractivity contribution >= 4 is 33.7 Å². The van der Waals surface area contributed by atoms with E-state index in [-0.39, 0.29) is 11.7 Å². The predicted molar refractivity (Wildman–Crippen MR) is 97.8 cm³/mol. The summed E-state index contributed by atoms with van der Waals surface area (Å²) in [5.74, 6) is -1.30. The summed E-state index contributed by atoms with van der Waals surface area (Å²) in [7, 11) is 0. The van der Waals surface area contributed by atoms with Gasteiger partial charge in [0.2, 0.25) is 0 Å². The van der Waals surface area contributed by atoms with Gasteiger partial charge in [-0.15, -0.1) is 0 Å². The second-order valence-corrected chi connectivity index (χ2v) is 7.14. The summed E-state index contributed by atoms with van der Waals surface area (Å²) in [6.07, 6.45) is 1.86. The Labute approximate surface area is 159 Å². The molecule has 1 aliphatic rings. The lowest BCUT2D eigenvalue weighted by molar-refractivity contribution is -0.139. The molecule has 0 N–H and O–H groups in total. The van der Waals surface area contributed by atoms with E-state index in [9.17, 15) is 14.4 Å². The van der Waals surface area contributed by atoms with Gasteiger partial charge < -0.3 is 4.74 Å². The van der Waals surface area contributed by atoms with Crippen molar-refractivity contribution in [3.8, 4) is 5.75 Å². The van der Waals surface area contributed by atoms with Crippen molar-refractivity contribution in [1.29, 1.82) is 0 Å².